The average Bonchev–Trinajstić information content (AvgIpc) is 3.54. The molecule has 2 aromatic rings. The fourth-order valence-corrected chi connectivity index (χ4v) is 7.88. The van der Waals surface area contributed by atoms with Gasteiger partial charge in [-0.2, -0.15) is 0 Å². The highest BCUT2D eigenvalue weighted by atomic mass is 16.2. The lowest BCUT2D eigenvalue weighted by molar-refractivity contribution is -0.132. The van der Waals surface area contributed by atoms with E-state index in [2.05, 4.69) is 51.6 Å². The molecule has 1 aromatic heterocycles. The van der Waals surface area contributed by atoms with Crippen molar-refractivity contribution in [2.24, 2.45) is 5.92 Å². The molecular formula is C30H41N5O2. The van der Waals surface area contributed by atoms with Crippen LogP contribution in [0.5, 0.6) is 0 Å². The maximum absolute atomic E-state index is 12.3. The van der Waals surface area contributed by atoms with E-state index in [1.807, 2.05) is 11.8 Å². The van der Waals surface area contributed by atoms with Crippen LogP contribution in [-0.4, -0.2) is 74.3 Å². The highest BCUT2D eigenvalue weighted by molar-refractivity contribution is 5.76. The number of hydrogen-bond donors (Lipinski definition) is 0. The van der Waals surface area contributed by atoms with E-state index in [0.29, 0.717) is 42.9 Å². The lowest BCUT2D eigenvalue weighted by Crippen LogP contribution is -2.47. The van der Waals surface area contributed by atoms with Crippen molar-refractivity contribution in [1.82, 2.24) is 24.3 Å². The quantitative estimate of drug-likeness (QED) is 0.621. The Balaban J connectivity index is 1.18. The van der Waals surface area contributed by atoms with Crippen LogP contribution in [-0.2, 0) is 22.6 Å². The van der Waals surface area contributed by atoms with Crippen LogP contribution in [0.25, 0.3) is 0 Å². The summed E-state index contributed by atoms with van der Waals surface area (Å²) in [5.41, 5.74) is 3.85. The van der Waals surface area contributed by atoms with Gasteiger partial charge < -0.3 is 14.4 Å². The molecule has 7 heteroatoms. The molecule has 0 unspecified atom stereocenters. The molecule has 3 saturated heterocycles. The molecule has 2 bridgehead atoms. The highest BCUT2D eigenvalue weighted by Crippen LogP contribution is 2.44. The molecule has 3 fully saturated rings. The largest absolute Gasteiger partial charge is 0.342 e. The summed E-state index contributed by atoms with van der Waals surface area (Å²) in [6.45, 7) is 10.1. The van der Waals surface area contributed by atoms with Gasteiger partial charge in [0.1, 0.15) is 5.82 Å². The predicted molar refractivity (Wildman–Crippen MR) is 143 cm³/mol. The molecule has 5 heterocycles. The molecule has 1 aromatic carbocycles. The molecule has 0 saturated carbocycles. The lowest BCUT2D eigenvalue weighted by Gasteiger charge is -2.42. The van der Waals surface area contributed by atoms with Gasteiger partial charge in [-0.1, -0.05) is 37.3 Å². The summed E-state index contributed by atoms with van der Waals surface area (Å²) in [5.74, 6) is 2.44. The van der Waals surface area contributed by atoms with E-state index in [-0.39, 0.29) is 11.8 Å². The maximum Gasteiger partial charge on any atom is 0.222 e. The number of rotatable bonds is 5. The molecule has 0 N–H and O–H groups in total. The molecular weight excluding hydrogens is 462 g/mol. The number of hydrogen-bond acceptors (Lipinski definition) is 4. The van der Waals surface area contributed by atoms with Crippen molar-refractivity contribution < 1.29 is 9.59 Å². The van der Waals surface area contributed by atoms with Crippen LogP contribution < -0.4 is 0 Å². The third-order valence-corrected chi connectivity index (χ3v) is 9.67. The van der Waals surface area contributed by atoms with Crippen molar-refractivity contribution in [2.45, 2.75) is 89.9 Å². The SMILES string of the molecule is CCC(=O)N1CCc2c(nc(C)n2C2C[C@@H]3CC[C@@H](C2)N3C[C@H]2CN(C(C)=O)C[C@@H]2c2ccccc2)C1. The Kier molecular flexibility index (Phi) is 6.59. The van der Waals surface area contributed by atoms with E-state index in [9.17, 15) is 9.59 Å². The first-order valence-corrected chi connectivity index (χ1v) is 14.3. The molecule has 2 amide bonds. The minimum Gasteiger partial charge on any atom is -0.342 e. The second kappa shape index (κ2) is 9.90. The van der Waals surface area contributed by atoms with Gasteiger partial charge in [0.25, 0.3) is 0 Å². The first-order valence-electron chi connectivity index (χ1n) is 14.3. The van der Waals surface area contributed by atoms with Gasteiger partial charge in [0.15, 0.2) is 0 Å². The molecule has 0 spiro atoms. The Morgan fingerprint density at radius 2 is 1.73 bits per heavy atom. The monoisotopic (exact) mass is 503 g/mol. The van der Waals surface area contributed by atoms with Gasteiger partial charge in [0.2, 0.25) is 11.8 Å². The first kappa shape index (κ1) is 24.7. The van der Waals surface area contributed by atoms with E-state index in [4.69, 9.17) is 4.98 Å². The summed E-state index contributed by atoms with van der Waals surface area (Å²) < 4.78 is 2.55. The standard InChI is InChI=1S/C30H41N5O2/c1-4-30(37)32-13-12-29-28(19-32)31-20(2)35(29)26-14-24-10-11-25(15-26)34(24)17-23-16-33(21(3)36)18-27(23)22-8-6-5-7-9-22/h5-9,23-27H,4,10-19H2,1-3H3/t23-,24+,25+,27-/m1/s1. The van der Waals surface area contributed by atoms with Crippen molar-refractivity contribution >= 4 is 11.8 Å². The number of fused-ring (bicyclic) bond motifs is 3. The summed E-state index contributed by atoms with van der Waals surface area (Å²) >= 11 is 0. The maximum atomic E-state index is 12.3. The van der Waals surface area contributed by atoms with Gasteiger partial charge in [-0.05, 0) is 44.1 Å². The number of carbonyl (C=O) groups excluding carboxylic acids is 2. The second-order valence-corrected chi connectivity index (χ2v) is 11.7. The number of piperidine rings is 1. The summed E-state index contributed by atoms with van der Waals surface area (Å²) in [4.78, 5) is 36.4. The zero-order valence-electron chi connectivity index (χ0n) is 22.6. The smallest absolute Gasteiger partial charge is 0.222 e. The molecule has 4 aliphatic heterocycles. The molecule has 7 nitrogen and oxygen atoms in total. The number of imidazole rings is 1. The summed E-state index contributed by atoms with van der Waals surface area (Å²) in [7, 11) is 0. The average molecular weight is 504 g/mol. The molecule has 0 aliphatic carbocycles. The Morgan fingerprint density at radius 3 is 2.41 bits per heavy atom. The summed E-state index contributed by atoms with van der Waals surface area (Å²) in [6.07, 6.45) is 6.38. The normalized spacial score (nSPS) is 29.5. The number of aryl methyl sites for hydroxylation is 1. The van der Waals surface area contributed by atoms with Crippen LogP contribution in [0, 0.1) is 12.8 Å². The fourth-order valence-electron chi connectivity index (χ4n) is 7.88. The number of nitrogens with zero attached hydrogens (tertiary/aromatic N) is 5. The van der Waals surface area contributed by atoms with Gasteiger partial charge in [0.05, 0.1) is 12.2 Å². The third kappa shape index (κ3) is 4.49. The minimum atomic E-state index is 0.199. The molecule has 198 valence electrons. The highest BCUT2D eigenvalue weighted by Gasteiger charge is 2.45. The number of likely N-dealkylation sites (tertiary alicyclic amines) is 1. The third-order valence-electron chi connectivity index (χ3n) is 9.67. The van der Waals surface area contributed by atoms with E-state index < -0.39 is 0 Å². The second-order valence-electron chi connectivity index (χ2n) is 11.7. The van der Waals surface area contributed by atoms with Crippen LogP contribution in [0.3, 0.4) is 0 Å². The van der Waals surface area contributed by atoms with Crippen molar-refractivity contribution in [2.75, 3.05) is 26.2 Å². The van der Waals surface area contributed by atoms with Crippen LogP contribution in [0.1, 0.15) is 80.7 Å². The van der Waals surface area contributed by atoms with Crippen molar-refractivity contribution in [3.05, 3.63) is 53.1 Å². The van der Waals surface area contributed by atoms with E-state index >= 15 is 0 Å². The number of carbonyl (C=O) groups is 2. The molecule has 4 atom stereocenters. The van der Waals surface area contributed by atoms with Gasteiger partial charge >= 0.3 is 0 Å². The van der Waals surface area contributed by atoms with Gasteiger partial charge in [-0.3, -0.25) is 14.5 Å². The molecule has 4 aliphatic rings. The molecule has 37 heavy (non-hydrogen) atoms. The van der Waals surface area contributed by atoms with Gasteiger partial charge in [-0.25, -0.2) is 4.98 Å². The lowest BCUT2D eigenvalue weighted by atomic mass is 9.87. The van der Waals surface area contributed by atoms with Crippen LogP contribution in [0.15, 0.2) is 30.3 Å². The topological polar surface area (TPSA) is 61.7 Å². The van der Waals surface area contributed by atoms with Crippen LogP contribution in [0.4, 0.5) is 0 Å². The van der Waals surface area contributed by atoms with Crippen LogP contribution in [0.2, 0.25) is 0 Å². The van der Waals surface area contributed by atoms with E-state index in [0.717, 1.165) is 44.1 Å². The Hall–Kier alpha value is -2.67. The Labute approximate surface area is 220 Å². The number of amides is 2. The Bertz CT molecular complexity index is 1150. The van der Waals surface area contributed by atoms with Crippen LogP contribution >= 0.6 is 0 Å². The van der Waals surface area contributed by atoms with E-state index in [1.165, 1.54) is 36.9 Å². The summed E-state index contributed by atoms with van der Waals surface area (Å²) in [6, 6.07) is 12.5. The van der Waals surface area contributed by atoms with Gasteiger partial charge in [-0.15, -0.1) is 0 Å². The van der Waals surface area contributed by atoms with E-state index in [1.54, 1.807) is 6.92 Å². The summed E-state index contributed by atoms with van der Waals surface area (Å²) in [5, 5.41) is 0. The zero-order valence-corrected chi connectivity index (χ0v) is 22.6. The van der Waals surface area contributed by atoms with Gasteiger partial charge in [0, 0.05) is 75.7 Å². The Morgan fingerprint density at radius 1 is 1.00 bits per heavy atom. The van der Waals surface area contributed by atoms with Crippen molar-refractivity contribution in [1.29, 1.82) is 0 Å². The minimum absolute atomic E-state index is 0.199. The number of aromatic nitrogens is 2. The fraction of sp³-hybridized carbons (Fsp3) is 0.633. The zero-order chi connectivity index (χ0) is 25.7. The number of benzene rings is 1. The van der Waals surface area contributed by atoms with Crippen molar-refractivity contribution in [3.8, 4) is 0 Å². The molecule has 0 radical (unpaired) electrons. The first-order chi connectivity index (χ1) is 17.9. The molecule has 6 rings (SSSR count). The predicted octanol–water partition coefficient (Wildman–Crippen LogP) is 3.92. The van der Waals surface area contributed by atoms with Crippen molar-refractivity contribution in [3.63, 3.8) is 0 Å².